The number of rotatable bonds is 27. The molecule has 4 heterocycles. The average molecular weight is 1850 g/mol. The number of H-pyrrole nitrogens is 2. The van der Waals surface area contributed by atoms with Gasteiger partial charge in [0, 0.05) is 140 Å². The van der Waals surface area contributed by atoms with Crippen LogP contribution in [0, 0.1) is 29.1 Å². The number of nitrogens with zero attached hydrogens (tertiary/aromatic N) is 6. The predicted molar refractivity (Wildman–Crippen MR) is 497 cm³/mol. The number of primary amides is 1. The number of fused-ring (bicyclic) bond motifs is 3. The number of carbonyl (C=O) groups excluding carboxylic acids is 17. The molecule has 8 rings (SSSR count). The van der Waals surface area contributed by atoms with E-state index in [9.17, 15) is 57.8 Å². The van der Waals surface area contributed by atoms with Gasteiger partial charge in [-0.15, -0.1) is 11.8 Å². The average Bonchev–Trinajstić information content (AvgIpc) is 1.48. The van der Waals surface area contributed by atoms with Gasteiger partial charge in [-0.25, -0.2) is 4.98 Å². The van der Waals surface area contributed by atoms with E-state index in [-0.39, 0.29) is 120 Å². The fraction of sp³-hybridized carbons (Fsp3) is 0.547. The molecule has 132 heavy (non-hydrogen) atoms. The number of para-hydroxylation sites is 1. The SMILES string of the molecule is CCCC[C@H]1C(=O)N(C)[C@@H](CCCC)C(=O)C[C@@H](CCCNC(=N)N)C(=O)N[C@H](C(=O)CCC(C)=O)CSCC(=O)NC(Cc2ccccc2)C(=O)N(C)[C@@H](C)C(=O)N[C@@H](CC(N)=O)C(=O)N2CCCC2C(=O)C[C@@H](Cc2cnc[nH]2)C(=O)N[C@@H](CC(C)C)C(=O)N(C)CC(=O)N[C@@H](CC2=CCc3ccccc32)C(=O)C[C@@H](CO)C(=O)N[C@@H](Cc2c[nH]c3ccccc23)C(=O)N1C. The van der Waals surface area contributed by atoms with Crippen molar-refractivity contribution in [3.8, 4) is 0 Å². The molecule has 0 bridgehead atoms. The number of hydrogen-bond acceptors (Lipinski definition) is 21. The lowest BCUT2D eigenvalue weighted by Gasteiger charge is -2.36. The van der Waals surface area contributed by atoms with Crippen LogP contribution in [0.15, 0.2) is 104 Å². The van der Waals surface area contributed by atoms with E-state index in [1.807, 2.05) is 56.3 Å². The summed E-state index contributed by atoms with van der Waals surface area (Å²) in [5.74, 6) is -18.0. The monoisotopic (exact) mass is 1840 g/mol. The first-order valence-electron chi connectivity index (χ1n) is 45.6. The number of thioether (sulfide) groups is 1. The van der Waals surface area contributed by atoms with Gasteiger partial charge in [-0.3, -0.25) is 82.1 Å². The van der Waals surface area contributed by atoms with Gasteiger partial charge in [0.05, 0.1) is 67.7 Å². The van der Waals surface area contributed by atoms with Crippen molar-refractivity contribution in [1.82, 2.24) is 76.7 Å². The van der Waals surface area contributed by atoms with Crippen LogP contribution in [-0.2, 0) is 107 Å². The van der Waals surface area contributed by atoms with Gasteiger partial charge in [-0.1, -0.05) is 132 Å². The lowest BCUT2D eigenvalue weighted by atomic mass is 9.90. The van der Waals surface area contributed by atoms with Crippen LogP contribution >= 0.6 is 11.8 Å². The fourth-order valence-electron chi connectivity index (χ4n) is 17.0. The molecule has 0 radical (unpaired) electrons. The molecular weight excluding hydrogens is 1710 g/mol. The molecule has 2 aromatic heterocycles. The molecule has 0 spiro atoms. The molecule has 5 aromatic rings. The topological polar surface area (TPSA) is 531 Å². The molecule has 36 nitrogen and oxygen atoms in total. The Bertz CT molecular complexity index is 4940. The third-order valence-corrected chi connectivity index (χ3v) is 25.7. The van der Waals surface area contributed by atoms with Gasteiger partial charge in [0.15, 0.2) is 29.1 Å². The minimum atomic E-state index is -1.69. The number of amides is 12. The molecule has 37 heteroatoms. The number of nitrogens with one attached hydrogen (secondary N) is 10. The molecule has 2 unspecified atom stereocenters. The Labute approximate surface area is 774 Å². The van der Waals surface area contributed by atoms with Crippen molar-refractivity contribution in [3.63, 3.8) is 0 Å². The van der Waals surface area contributed by atoms with Crippen molar-refractivity contribution in [2.24, 2.45) is 35.1 Å². The normalized spacial score (nSPS) is 24.0. The maximum absolute atomic E-state index is 15.7. The summed E-state index contributed by atoms with van der Waals surface area (Å²) >= 11 is 0.895. The molecule has 15 N–H and O–H groups in total. The number of aliphatic hydroxyl groups excluding tert-OH is 1. The van der Waals surface area contributed by atoms with Crippen molar-refractivity contribution in [3.05, 3.63) is 132 Å². The van der Waals surface area contributed by atoms with E-state index >= 15 is 28.8 Å². The van der Waals surface area contributed by atoms with Gasteiger partial charge in [0.1, 0.15) is 42.0 Å². The van der Waals surface area contributed by atoms with E-state index in [2.05, 4.69) is 52.2 Å². The van der Waals surface area contributed by atoms with Crippen molar-refractivity contribution < 1.29 is 86.6 Å². The minimum absolute atomic E-state index is 0.0258. The lowest BCUT2D eigenvalue weighted by Crippen LogP contribution is -2.58. The third kappa shape index (κ3) is 30.7. The summed E-state index contributed by atoms with van der Waals surface area (Å²) in [6.45, 7) is 8.43. The third-order valence-electron chi connectivity index (χ3n) is 24.7. The van der Waals surface area contributed by atoms with Crippen LogP contribution in [0.2, 0.25) is 0 Å². The molecule has 3 aliphatic rings. The molecule has 0 saturated carbocycles. The molecule has 2 fully saturated rings. The zero-order valence-electron chi connectivity index (χ0n) is 77.3. The zero-order chi connectivity index (χ0) is 96.6. The van der Waals surface area contributed by atoms with E-state index in [0.717, 1.165) is 32.7 Å². The van der Waals surface area contributed by atoms with Crippen molar-refractivity contribution in [2.75, 3.05) is 65.9 Å². The molecular formula is C95H132N18O18S. The number of imidazole rings is 1. The summed E-state index contributed by atoms with van der Waals surface area (Å²) in [5.41, 5.74) is 16.1. The summed E-state index contributed by atoms with van der Waals surface area (Å²) in [5, 5.41) is 39.1. The highest BCUT2D eigenvalue weighted by Gasteiger charge is 2.44. The number of allylic oxidation sites excluding steroid dienone is 1. The number of ketones is 5. The van der Waals surface area contributed by atoms with Crippen LogP contribution in [0.25, 0.3) is 16.5 Å². The number of aliphatic hydroxyl groups is 1. The molecule has 12 amide bonds. The zero-order valence-corrected chi connectivity index (χ0v) is 78.1. The second-order valence-electron chi connectivity index (χ2n) is 35.3. The highest BCUT2D eigenvalue weighted by molar-refractivity contribution is 8.00. The van der Waals surface area contributed by atoms with E-state index < -0.39 is 217 Å². The number of likely N-dealkylation sites (N-methyl/N-ethyl adjacent to an activating group) is 4. The molecule has 1 aliphatic carbocycles. The van der Waals surface area contributed by atoms with Crippen LogP contribution in [0.3, 0.4) is 0 Å². The first kappa shape index (κ1) is 105. The molecule has 2 aliphatic heterocycles. The van der Waals surface area contributed by atoms with Crippen molar-refractivity contribution in [2.45, 2.75) is 243 Å². The number of guanidine groups is 1. The highest BCUT2D eigenvalue weighted by Crippen LogP contribution is 2.33. The van der Waals surface area contributed by atoms with E-state index in [0.29, 0.717) is 65.4 Å². The van der Waals surface area contributed by atoms with Gasteiger partial charge in [0.2, 0.25) is 70.9 Å². The minimum Gasteiger partial charge on any atom is -0.396 e. The number of hydrogen-bond donors (Lipinski definition) is 13. The summed E-state index contributed by atoms with van der Waals surface area (Å²) in [6.07, 6.45) is 5.86. The van der Waals surface area contributed by atoms with Crippen LogP contribution in [0.5, 0.6) is 0 Å². The fourth-order valence-corrected chi connectivity index (χ4v) is 17.9. The maximum atomic E-state index is 15.7. The Hall–Kier alpha value is -12.3. The standard InChI is InChI=1S/C95H132N18O18S/c1-11-13-31-76-81(118)45-62(27-22-38-100-95(97)98)87(124)108-75(79(116)37-34-57(5)115)53-132-54-85(122)104-72(41-59-24-16-15-17-25-59)91(128)110(8)58(6)86(123)105-74(48-83(96)120)93(130)113-39-23-33-77(113)82(119)46-63(42-66-50-99-55-102-66)88(125)106-71(40-56(3)4)90(127)109(7)51-84(121)103-70(43-61-36-35-60-26-18-19-28-67(60)61)80(117)47-65(52-114)89(126)107-73(44-64-49-101-69-30-21-20-29-68(64)69)92(129)112(10)78(32-14-12-2)94(131)111(76)9/h15-21,24-26,28-30,36,49-50,55-56,58,62-63,65,70-78,101,114H,11-14,22-23,27,31-35,37-48,51-54H2,1-10H3,(H2,96,120)(H,99,102)(H,103,121)(H,104,122)(H,105,123)(H,106,125)(H,107,126)(H,108,124)(H4,97,98,100)/t58-,62+,63+,65-,70-,71-,72?,73-,74-,75-,76-,77?,78-/m0/s1. The highest BCUT2D eigenvalue weighted by atomic mass is 32.2. The first-order chi connectivity index (χ1) is 62.9. The number of aromatic nitrogens is 3. The molecule has 13 atom stereocenters. The van der Waals surface area contributed by atoms with Crippen LogP contribution in [-0.4, -0.2) is 277 Å². The quantitative estimate of drug-likeness (QED) is 0.0202. The number of nitrogens with two attached hydrogens (primary N) is 2. The van der Waals surface area contributed by atoms with Gasteiger partial charge in [0.25, 0.3) is 0 Å². The van der Waals surface area contributed by atoms with Crippen LogP contribution in [0.1, 0.15) is 185 Å². The number of Topliss-reactive ketones (excluding diaryl/α,β-unsaturated/α-hetero) is 5. The molecule has 716 valence electrons. The Morgan fingerprint density at radius 3 is 1.91 bits per heavy atom. The van der Waals surface area contributed by atoms with Crippen molar-refractivity contribution in [1.29, 1.82) is 5.41 Å². The second kappa shape index (κ2) is 51.5. The van der Waals surface area contributed by atoms with E-state index in [4.69, 9.17) is 16.9 Å². The van der Waals surface area contributed by atoms with Gasteiger partial charge >= 0.3 is 0 Å². The van der Waals surface area contributed by atoms with Crippen LogP contribution in [0.4, 0.5) is 0 Å². The predicted octanol–water partition coefficient (Wildman–Crippen LogP) is 3.78. The summed E-state index contributed by atoms with van der Waals surface area (Å²) in [4.78, 5) is 266. The Morgan fingerprint density at radius 1 is 0.614 bits per heavy atom. The molecule has 3 aromatic carbocycles. The van der Waals surface area contributed by atoms with Gasteiger partial charge < -0.3 is 93.1 Å². The second-order valence-corrected chi connectivity index (χ2v) is 36.3. The van der Waals surface area contributed by atoms with Crippen LogP contribution < -0.4 is 48.7 Å². The lowest BCUT2D eigenvalue weighted by molar-refractivity contribution is -0.149. The first-order valence-corrected chi connectivity index (χ1v) is 46.7. The maximum Gasteiger partial charge on any atom is 0.246 e. The largest absolute Gasteiger partial charge is 0.396 e. The smallest absolute Gasteiger partial charge is 0.246 e. The number of unbranched alkanes of at least 4 members (excludes halogenated alkanes) is 2. The summed E-state index contributed by atoms with van der Waals surface area (Å²) < 4.78 is 0. The summed E-state index contributed by atoms with van der Waals surface area (Å²) in [7, 11) is 5.45. The number of benzene rings is 3. The number of carbonyl (C=O) groups is 17. The Morgan fingerprint density at radius 2 is 1.23 bits per heavy atom. The Kier molecular flexibility index (Phi) is 41.0. The molecule has 2 saturated heterocycles. The van der Waals surface area contributed by atoms with E-state index in [1.165, 1.54) is 69.3 Å². The number of aromatic amines is 2. The van der Waals surface area contributed by atoms with Gasteiger partial charge in [-0.2, -0.15) is 0 Å². The van der Waals surface area contributed by atoms with Gasteiger partial charge in [-0.05, 0) is 105 Å². The van der Waals surface area contributed by atoms with E-state index in [1.54, 1.807) is 62.5 Å². The Balaban J connectivity index is 1.18. The van der Waals surface area contributed by atoms with Crippen molar-refractivity contribution >= 4 is 134 Å². The summed E-state index contributed by atoms with van der Waals surface area (Å²) in [6, 6.07) is 9.41.